The van der Waals surface area contributed by atoms with Crippen LogP contribution in [0.3, 0.4) is 0 Å². The highest BCUT2D eigenvalue weighted by Gasteiger charge is 2.58. The molecule has 3 rings (SSSR count). The zero-order chi connectivity index (χ0) is 15.2. The van der Waals surface area contributed by atoms with E-state index in [1.165, 1.54) is 4.88 Å². The largest absolute Gasteiger partial charge is 0.338 e. The summed E-state index contributed by atoms with van der Waals surface area (Å²) in [5.74, 6) is 0.580. The maximum Gasteiger partial charge on any atom is 0.226 e. The molecule has 1 aliphatic heterocycles. The molecular weight excluding hydrogens is 282 g/mol. The van der Waals surface area contributed by atoms with Crippen molar-refractivity contribution in [1.29, 1.82) is 0 Å². The van der Waals surface area contributed by atoms with E-state index in [0.29, 0.717) is 11.3 Å². The Balaban J connectivity index is 1.69. The molecule has 1 aromatic heterocycles. The number of rotatable bonds is 3. The molecule has 21 heavy (non-hydrogen) atoms. The standard InChI is InChI=1S/C16H25N3OS/c1-10-14(21-12(3)18-10)11(2)19(4)15(20)13-9-16(13)5-7-17-8-6-16/h11,13,17H,5-9H2,1-4H3/t11-,13-/m0/s1. The molecular formula is C16H25N3OS. The molecule has 2 fully saturated rings. The average molecular weight is 307 g/mol. The number of carbonyl (C=O) groups is 1. The van der Waals surface area contributed by atoms with Crippen molar-refractivity contribution in [2.24, 2.45) is 11.3 Å². The first-order valence-corrected chi connectivity index (χ1v) is 8.67. The van der Waals surface area contributed by atoms with Crippen LogP contribution >= 0.6 is 11.3 Å². The topological polar surface area (TPSA) is 45.2 Å². The molecule has 1 aliphatic carbocycles. The van der Waals surface area contributed by atoms with Gasteiger partial charge in [0.05, 0.1) is 16.7 Å². The number of piperidine rings is 1. The van der Waals surface area contributed by atoms with Crippen molar-refractivity contribution < 1.29 is 4.79 Å². The molecule has 1 saturated heterocycles. The van der Waals surface area contributed by atoms with Gasteiger partial charge in [-0.2, -0.15) is 0 Å². The first-order chi connectivity index (χ1) is 9.94. The predicted molar refractivity (Wildman–Crippen MR) is 85.4 cm³/mol. The zero-order valence-electron chi connectivity index (χ0n) is 13.4. The molecule has 1 saturated carbocycles. The zero-order valence-corrected chi connectivity index (χ0v) is 14.2. The summed E-state index contributed by atoms with van der Waals surface area (Å²) < 4.78 is 0. The lowest BCUT2D eigenvalue weighted by Gasteiger charge is -2.28. The number of hydrogen-bond donors (Lipinski definition) is 1. The fraction of sp³-hybridized carbons (Fsp3) is 0.750. The van der Waals surface area contributed by atoms with Gasteiger partial charge < -0.3 is 10.2 Å². The summed E-state index contributed by atoms with van der Waals surface area (Å²) in [6.45, 7) is 8.32. The molecule has 1 aromatic rings. The Bertz CT molecular complexity index is 548. The molecule has 4 nitrogen and oxygen atoms in total. The Morgan fingerprint density at radius 2 is 2.10 bits per heavy atom. The average Bonchev–Trinajstić information content (AvgIpc) is 3.04. The number of nitrogens with one attached hydrogen (secondary N) is 1. The van der Waals surface area contributed by atoms with Crippen molar-refractivity contribution in [1.82, 2.24) is 15.2 Å². The van der Waals surface area contributed by atoms with E-state index in [-0.39, 0.29) is 12.0 Å². The van der Waals surface area contributed by atoms with Crippen LogP contribution in [0.1, 0.15) is 47.8 Å². The number of carbonyl (C=O) groups excluding carboxylic acids is 1. The first kappa shape index (κ1) is 15.0. The number of nitrogens with zero attached hydrogens (tertiary/aromatic N) is 2. The van der Waals surface area contributed by atoms with E-state index in [4.69, 9.17) is 0 Å². The van der Waals surface area contributed by atoms with Gasteiger partial charge in [-0.3, -0.25) is 4.79 Å². The van der Waals surface area contributed by atoms with Crippen molar-refractivity contribution in [2.45, 2.75) is 46.1 Å². The summed E-state index contributed by atoms with van der Waals surface area (Å²) in [5.41, 5.74) is 1.38. The van der Waals surface area contributed by atoms with Crippen molar-refractivity contribution in [2.75, 3.05) is 20.1 Å². The SMILES string of the molecule is Cc1nc(C)c([C@H](C)N(C)C(=O)[C@@H]2CC23CCNCC3)s1. The lowest BCUT2D eigenvalue weighted by molar-refractivity contribution is -0.134. The Hall–Kier alpha value is -0.940. The van der Waals surface area contributed by atoms with Crippen molar-refractivity contribution in [3.8, 4) is 0 Å². The van der Waals surface area contributed by atoms with Gasteiger partial charge in [0.15, 0.2) is 0 Å². The van der Waals surface area contributed by atoms with Crippen LogP contribution in [0.2, 0.25) is 0 Å². The van der Waals surface area contributed by atoms with Gasteiger partial charge in [-0.15, -0.1) is 11.3 Å². The molecule has 0 unspecified atom stereocenters. The van der Waals surface area contributed by atoms with Crippen LogP contribution in [0.5, 0.6) is 0 Å². The number of aromatic nitrogens is 1. The summed E-state index contributed by atoms with van der Waals surface area (Å²) in [5, 5.41) is 4.48. The van der Waals surface area contributed by atoms with Gasteiger partial charge in [0.2, 0.25) is 5.91 Å². The Morgan fingerprint density at radius 3 is 2.67 bits per heavy atom. The van der Waals surface area contributed by atoms with Crippen LogP contribution in [0, 0.1) is 25.2 Å². The second kappa shape index (κ2) is 5.36. The Labute approximate surface area is 130 Å². The minimum Gasteiger partial charge on any atom is -0.338 e. The van der Waals surface area contributed by atoms with E-state index in [1.807, 2.05) is 25.8 Å². The third-order valence-corrected chi connectivity index (χ3v) is 6.58. The van der Waals surface area contributed by atoms with Crippen LogP contribution in [-0.4, -0.2) is 35.9 Å². The summed E-state index contributed by atoms with van der Waals surface area (Å²) in [6, 6.07) is 0.128. The van der Waals surface area contributed by atoms with Crippen molar-refractivity contribution in [3.63, 3.8) is 0 Å². The van der Waals surface area contributed by atoms with Crippen LogP contribution in [0.25, 0.3) is 0 Å². The lowest BCUT2D eigenvalue weighted by Crippen LogP contribution is -2.35. The molecule has 1 N–H and O–H groups in total. The minimum atomic E-state index is 0.128. The van der Waals surface area contributed by atoms with Crippen molar-refractivity contribution in [3.05, 3.63) is 15.6 Å². The lowest BCUT2D eigenvalue weighted by atomic mass is 9.91. The van der Waals surface area contributed by atoms with Crippen LogP contribution < -0.4 is 5.32 Å². The van der Waals surface area contributed by atoms with Gasteiger partial charge in [0, 0.05) is 17.8 Å². The van der Waals surface area contributed by atoms with Crippen LogP contribution in [0.4, 0.5) is 0 Å². The van der Waals surface area contributed by atoms with Gasteiger partial charge in [-0.1, -0.05) is 0 Å². The second-order valence-corrected chi connectivity index (χ2v) is 7.91. The molecule has 0 aromatic carbocycles. The molecule has 1 amide bonds. The summed E-state index contributed by atoms with van der Waals surface area (Å²) >= 11 is 1.71. The number of aryl methyl sites for hydroxylation is 2. The molecule has 2 aliphatic rings. The number of hydrogen-bond acceptors (Lipinski definition) is 4. The predicted octanol–water partition coefficient (Wildman–Crippen LogP) is 2.67. The van der Waals surface area contributed by atoms with Gasteiger partial charge >= 0.3 is 0 Å². The maximum absolute atomic E-state index is 12.8. The molecule has 0 bridgehead atoms. The van der Waals surface area contributed by atoms with Crippen molar-refractivity contribution >= 4 is 17.2 Å². The quantitative estimate of drug-likeness (QED) is 0.934. The van der Waals surface area contributed by atoms with Crippen LogP contribution in [-0.2, 0) is 4.79 Å². The van der Waals surface area contributed by atoms with E-state index in [9.17, 15) is 4.79 Å². The fourth-order valence-corrected chi connectivity index (χ4v) is 4.74. The highest BCUT2D eigenvalue weighted by Crippen LogP contribution is 2.59. The minimum absolute atomic E-state index is 0.128. The summed E-state index contributed by atoms with van der Waals surface area (Å²) in [4.78, 5) is 20.5. The first-order valence-electron chi connectivity index (χ1n) is 7.86. The molecule has 1 spiro atoms. The molecule has 5 heteroatoms. The number of amides is 1. The smallest absolute Gasteiger partial charge is 0.226 e. The Kier molecular flexibility index (Phi) is 3.82. The fourth-order valence-electron chi connectivity index (χ4n) is 3.72. The third kappa shape index (κ3) is 2.61. The normalized spacial score (nSPS) is 24.9. The molecule has 0 radical (unpaired) electrons. The third-order valence-electron chi connectivity index (χ3n) is 5.33. The molecule has 2 heterocycles. The van der Waals surface area contributed by atoms with E-state index < -0.39 is 0 Å². The number of thiazole rings is 1. The molecule has 2 atom stereocenters. The van der Waals surface area contributed by atoms with E-state index >= 15 is 0 Å². The monoisotopic (exact) mass is 307 g/mol. The molecule has 116 valence electrons. The van der Waals surface area contributed by atoms with Gasteiger partial charge in [0.1, 0.15) is 0 Å². The van der Waals surface area contributed by atoms with E-state index in [1.54, 1.807) is 11.3 Å². The summed E-state index contributed by atoms with van der Waals surface area (Å²) in [7, 11) is 1.95. The van der Waals surface area contributed by atoms with Gasteiger partial charge in [-0.05, 0) is 58.5 Å². The maximum atomic E-state index is 12.8. The van der Waals surface area contributed by atoms with Crippen LogP contribution in [0.15, 0.2) is 0 Å². The highest BCUT2D eigenvalue weighted by atomic mass is 32.1. The highest BCUT2D eigenvalue weighted by molar-refractivity contribution is 7.11. The summed E-state index contributed by atoms with van der Waals surface area (Å²) in [6.07, 6.45) is 3.40. The van der Waals surface area contributed by atoms with Gasteiger partial charge in [-0.25, -0.2) is 4.98 Å². The Morgan fingerprint density at radius 1 is 1.43 bits per heavy atom. The van der Waals surface area contributed by atoms with Gasteiger partial charge in [0.25, 0.3) is 0 Å². The van der Waals surface area contributed by atoms with E-state index in [2.05, 4.69) is 17.2 Å². The van der Waals surface area contributed by atoms with E-state index in [0.717, 1.165) is 43.1 Å². The second-order valence-electron chi connectivity index (χ2n) is 6.68.